The lowest BCUT2D eigenvalue weighted by atomic mass is 9.89. The molecule has 0 bridgehead atoms. The predicted molar refractivity (Wildman–Crippen MR) is 483 cm³/mol. The molecule has 1 aliphatic carbocycles. The highest BCUT2D eigenvalue weighted by Gasteiger charge is 2.30. The first-order chi connectivity index (χ1) is 56.7. The second-order valence-corrected chi connectivity index (χ2v) is 31.5. The quantitative estimate of drug-likeness (QED) is 0.0669. The van der Waals surface area contributed by atoms with E-state index in [1.54, 1.807) is 11.3 Å². The van der Waals surface area contributed by atoms with E-state index in [0.717, 1.165) is 129 Å². The maximum absolute atomic E-state index is 5.41. The van der Waals surface area contributed by atoms with Crippen molar-refractivity contribution >= 4 is 98.9 Å². The van der Waals surface area contributed by atoms with E-state index in [2.05, 4.69) is 340 Å². The number of hydrogen-bond acceptors (Lipinski definition) is 8. The standard InChI is InChI=1S/C105H74N8S2/c1-66-26-22-42-89(104-108-91-44-17-20-48-96(91)114-104)98(66)82-36-11-10-29-71(82)53-50-69-51-54-72(55-52-69)80-60-61-87(85-39-13-12-37-83(80)85)103(106-67(2)70-27-6-4-7-28-70)107-68(3)76-32-23-33-77(64-76)78-34-24-35-79(65-78)102-111-100(74-30-8-5-9-31-74)110-101(112-102)75-58-56-73(57-59-75)81-62-63-94(86-40-15-14-38-84(81)86)113-93-46-19-16-41-88(93)99-90(43-25-47-95(99)113)105-109-92-45-18-21-49-97(92)115-105/h4-42,44-49,51-52,54-65,90H,3,43,50,53H2,1-2H3. The molecule has 1 unspecified atom stereocenters. The Morgan fingerprint density at radius 3 is 1.71 bits per heavy atom. The van der Waals surface area contributed by atoms with Crippen molar-refractivity contribution in [1.82, 2.24) is 29.5 Å². The number of rotatable bonds is 17. The van der Waals surface area contributed by atoms with Gasteiger partial charge in [0.15, 0.2) is 23.3 Å². The summed E-state index contributed by atoms with van der Waals surface area (Å²) in [5, 5.41) is 7.95. The first-order valence-corrected chi connectivity index (χ1v) is 40.7. The molecule has 1 aliphatic rings. The average Bonchev–Trinajstić information content (AvgIpc) is 1.56. The maximum Gasteiger partial charge on any atom is 0.164 e. The van der Waals surface area contributed by atoms with E-state index in [-0.39, 0.29) is 5.92 Å². The van der Waals surface area contributed by atoms with Crippen LogP contribution in [-0.4, -0.2) is 41.0 Å². The molecule has 20 rings (SSSR count). The number of fused-ring (bicyclic) bond motifs is 7. The van der Waals surface area contributed by atoms with Gasteiger partial charge in [-0.25, -0.2) is 34.9 Å². The van der Waals surface area contributed by atoms with Crippen molar-refractivity contribution in [2.75, 3.05) is 0 Å². The molecule has 15 aromatic carbocycles. The zero-order valence-electron chi connectivity index (χ0n) is 63.4. The molecule has 0 saturated carbocycles. The Labute approximate surface area is 675 Å². The number of benzene rings is 15. The number of hydrogen-bond donors (Lipinski definition) is 0. The van der Waals surface area contributed by atoms with Gasteiger partial charge in [-0.1, -0.05) is 304 Å². The Balaban J connectivity index is 0.585. The van der Waals surface area contributed by atoms with Gasteiger partial charge < -0.3 is 4.57 Å². The predicted octanol–water partition coefficient (Wildman–Crippen LogP) is 27.2. The minimum Gasteiger partial charge on any atom is -0.309 e. The smallest absolute Gasteiger partial charge is 0.164 e. The van der Waals surface area contributed by atoms with Crippen LogP contribution < -0.4 is 0 Å². The van der Waals surface area contributed by atoms with Crippen LogP contribution in [0, 0.1) is 6.92 Å². The normalized spacial score (nSPS) is 13.0. The number of allylic oxidation sites excluding steroid dienone is 1. The van der Waals surface area contributed by atoms with Gasteiger partial charge in [0.25, 0.3) is 0 Å². The van der Waals surface area contributed by atoms with Crippen molar-refractivity contribution in [2.24, 2.45) is 9.98 Å². The molecule has 546 valence electrons. The largest absolute Gasteiger partial charge is 0.309 e. The van der Waals surface area contributed by atoms with Crippen LogP contribution in [0.25, 0.3) is 160 Å². The van der Waals surface area contributed by atoms with Crippen LogP contribution in [-0.2, 0) is 12.8 Å². The molecule has 0 spiro atoms. The second-order valence-electron chi connectivity index (χ2n) is 29.4. The second kappa shape index (κ2) is 30.2. The van der Waals surface area contributed by atoms with Gasteiger partial charge in [-0.3, -0.25) is 0 Å². The monoisotopic (exact) mass is 1510 g/mol. The molecule has 19 aromatic rings. The molecule has 4 heterocycles. The van der Waals surface area contributed by atoms with Gasteiger partial charge in [0.05, 0.1) is 43.0 Å². The lowest BCUT2D eigenvalue weighted by molar-refractivity contribution is 0.812. The lowest BCUT2D eigenvalue weighted by Crippen LogP contribution is -2.07. The third kappa shape index (κ3) is 13.5. The van der Waals surface area contributed by atoms with Gasteiger partial charge in [-0.05, 0) is 182 Å². The van der Waals surface area contributed by atoms with Crippen LogP contribution in [0.2, 0.25) is 0 Å². The number of amidine groups is 1. The Hall–Kier alpha value is -14.0. The molecule has 115 heavy (non-hydrogen) atoms. The topological polar surface area (TPSA) is 94.1 Å². The Kier molecular flexibility index (Phi) is 18.4. The summed E-state index contributed by atoms with van der Waals surface area (Å²) in [4.78, 5) is 36.8. The van der Waals surface area contributed by atoms with Gasteiger partial charge in [-0.15, -0.1) is 22.7 Å². The van der Waals surface area contributed by atoms with Crippen LogP contribution in [0.3, 0.4) is 0 Å². The van der Waals surface area contributed by atoms with Crippen molar-refractivity contribution < 1.29 is 0 Å². The van der Waals surface area contributed by atoms with Crippen LogP contribution in [0.1, 0.15) is 68.9 Å². The molecule has 0 fully saturated rings. The van der Waals surface area contributed by atoms with Crippen LogP contribution in [0.4, 0.5) is 0 Å². The first-order valence-electron chi connectivity index (χ1n) is 39.1. The number of thiazole rings is 2. The number of aryl methyl sites for hydroxylation is 3. The summed E-state index contributed by atoms with van der Waals surface area (Å²) < 4.78 is 4.89. The minimum absolute atomic E-state index is 0.152. The third-order valence-corrected chi connectivity index (χ3v) is 24.6. The van der Waals surface area contributed by atoms with E-state index in [9.17, 15) is 0 Å². The van der Waals surface area contributed by atoms with E-state index in [1.165, 1.54) is 75.7 Å². The maximum atomic E-state index is 5.41. The van der Waals surface area contributed by atoms with Gasteiger partial charge in [0.2, 0.25) is 0 Å². The number of aliphatic imine (C=N–C) groups is 2. The molecule has 10 heteroatoms. The SMILES string of the molecule is C=C(N=C(N=C(C)c1ccccc1)c1ccc(-c2ccc(CCc3ccccc3-c3c(C)cccc3-c3nc4ccccc4s3)cc2)c2ccccc12)c1cccc(-c2cccc(-c3nc(-c4ccccc4)nc(-c4ccc(-c5ccc(-n6c7c(c8ccccc86)C(c6nc8ccccc8s6)CC=C7)c6ccccc56)cc4)n3)c2)c1. The van der Waals surface area contributed by atoms with Gasteiger partial charge in [0, 0.05) is 55.8 Å². The van der Waals surface area contributed by atoms with Crippen molar-refractivity contribution in [3.05, 3.63) is 408 Å². The molecule has 8 nitrogen and oxygen atoms in total. The van der Waals surface area contributed by atoms with Crippen LogP contribution in [0.5, 0.6) is 0 Å². The third-order valence-electron chi connectivity index (χ3n) is 22.4. The van der Waals surface area contributed by atoms with Gasteiger partial charge >= 0.3 is 0 Å². The molecule has 1 atom stereocenters. The molecule has 4 aromatic heterocycles. The average molecular weight is 1510 g/mol. The van der Waals surface area contributed by atoms with Gasteiger partial charge in [0.1, 0.15) is 10.0 Å². The molecule has 0 radical (unpaired) electrons. The highest BCUT2D eigenvalue weighted by molar-refractivity contribution is 7.21. The summed E-state index contributed by atoms with van der Waals surface area (Å²) in [5.41, 5.74) is 27.8. The number of aromatic nitrogens is 6. The van der Waals surface area contributed by atoms with Gasteiger partial charge in [-0.2, -0.15) is 0 Å². The summed E-state index contributed by atoms with van der Waals surface area (Å²) in [6.07, 6.45) is 7.34. The van der Waals surface area contributed by atoms with E-state index in [0.29, 0.717) is 29.0 Å². The summed E-state index contributed by atoms with van der Waals surface area (Å²) in [6, 6.07) is 123. The lowest BCUT2D eigenvalue weighted by Gasteiger charge is -2.20. The zero-order chi connectivity index (χ0) is 76.9. The highest BCUT2D eigenvalue weighted by Crippen LogP contribution is 2.47. The van der Waals surface area contributed by atoms with E-state index < -0.39 is 0 Å². The number of para-hydroxylation sites is 3. The van der Waals surface area contributed by atoms with Crippen LogP contribution in [0.15, 0.2) is 368 Å². The van der Waals surface area contributed by atoms with Crippen molar-refractivity contribution in [3.63, 3.8) is 0 Å². The van der Waals surface area contributed by atoms with E-state index in [1.807, 2.05) is 54.7 Å². The first kappa shape index (κ1) is 70.1. The number of nitrogens with zero attached hydrogens (tertiary/aromatic N) is 8. The summed E-state index contributed by atoms with van der Waals surface area (Å²) in [7, 11) is 0. The van der Waals surface area contributed by atoms with Crippen molar-refractivity contribution in [1.29, 1.82) is 0 Å². The molecular weight excluding hydrogens is 1440 g/mol. The highest BCUT2D eigenvalue weighted by atomic mass is 32.1. The zero-order valence-corrected chi connectivity index (χ0v) is 65.0. The van der Waals surface area contributed by atoms with E-state index >= 15 is 0 Å². The van der Waals surface area contributed by atoms with Crippen LogP contribution >= 0.6 is 22.7 Å². The minimum atomic E-state index is 0.152. The molecule has 0 aliphatic heterocycles. The summed E-state index contributed by atoms with van der Waals surface area (Å²) >= 11 is 3.57. The van der Waals surface area contributed by atoms with E-state index in [4.69, 9.17) is 34.9 Å². The fraction of sp³-hybridized carbons (Fsp3) is 0.0571. The Morgan fingerprint density at radius 1 is 0.417 bits per heavy atom. The molecule has 0 saturated heterocycles. The van der Waals surface area contributed by atoms with Crippen molar-refractivity contribution in [2.45, 2.75) is 39.0 Å². The molecular formula is C105H74N8S2. The summed E-state index contributed by atoms with van der Waals surface area (Å²) in [5.74, 6) is 2.46. The fourth-order valence-electron chi connectivity index (χ4n) is 16.7. The Morgan fingerprint density at radius 2 is 0.965 bits per heavy atom. The molecule has 0 amide bonds. The summed E-state index contributed by atoms with van der Waals surface area (Å²) in [6.45, 7) is 8.95. The van der Waals surface area contributed by atoms with Crippen molar-refractivity contribution in [3.8, 4) is 94.9 Å². The molecule has 0 N–H and O–H groups in total. The fourth-order valence-corrected chi connectivity index (χ4v) is 18.7. The Bertz CT molecular complexity index is 7040.